The van der Waals surface area contributed by atoms with Gasteiger partial charge < -0.3 is 10.1 Å². The quantitative estimate of drug-likeness (QED) is 0.813. The molecule has 0 aromatic rings. The van der Waals surface area contributed by atoms with Gasteiger partial charge in [-0.05, 0) is 40.5 Å². The Hall–Kier alpha value is -0.130. The number of ether oxygens (including phenoxy) is 1. The van der Waals surface area contributed by atoms with Gasteiger partial charge in [-0.2, -0.15) is 0 Å². The predicted octanol–water partition coefficient (Wildman–Crippen LogP) is 1.36. The third kappa shape index (κ3) is 4.23. The maximum absolute atomic E-state index is 11.9. The molecule has 1 rings (SSSR count). The van der Waals surface area contributed by atoms with Crippen molar-refractivity contribution >= 4 is 9.84 Å². The van der Waals surface area contributed by atoms with Crippen molar-refractivity contribution in [3.8, 4) is 0 Å². The van der Waals surface area contributed by atoms with E-state index >= 15 is 0 Å². The average molecular weight is 263 g/mol. The van der Waals surface area contributed by atoms with E-state index in [4.69, 9.17) is 4.74 Å². The van der Waals surface area contributed by atoms with Crippen LogP contribution in [0.25, 0.3) is 0 Å². The molecular formula is C12H25NO3S. The standard InChI is InChI=1S/C12H25NO3S/c1-10(11-6-5-8-16-11)13-7-9-17(14,15)12(2,3)4/h10-11,13H,5-9H2,1-4H3. The molecule has 0 saturated carbocycles. The molecule has 17 heavy (non-hydrogen) atoms. The van der Waals surface area contributed by atoms with Crippen LogP contribution in [-0.2, 0) is 14.6 Å². The minimum absolute atomic E-state index is 0.188. The zero-order valence-corrected chi connectivity index (χ0v) is 12.1. The summed E-state index contributed by atoms with van der Waals surface area (Å²) in [6.45, 7) is 8.61. The van der Waals surface area contributed by atoms with Crippen LogP contribution in [0.5, 0.6) is 0 Å². The third-order valence-corrected chi connectivity index (χ3v) is 5.90. The molecule has 0 aromatic heterocycles. The van der Waals surface area contributed by atoms with Gasteiger partial charge in [0.25, 0.3) is 0 Å². The first-order valence-corrected chi connectivity index (χ1v) is 7.96. The van der Waals surface area contributed by atoms with Crippen LogP contribution in [0.4, 0.5) is 0 Å². The first-order valence-electron chi connectivity index (χ1n) is 6.31. The van der Waals surface area contributed by atoms with Crippen LogP contribution in [0.15, 0.2) is 0 Å². The minimum atomic E-state index is -3.02. The van der Waals surface area contributed by atoms with Crippen LogP contribution in [-0.4, -0.2) is 44.2 Å². The Balaban J connectivity index is 2.32. The smallest absolute Gasteiger partial charge is 0.156 e. The lowest BCUT2D eigenvalue weighted by molar-refractivity contribution is 0.0844. The first-order chi connectivity index (χ1) is 7.74. The minimum Gasteiger partial charge on any atom is -0.377 e. The zero-order chi connectivity index (χ0) is 13.1. The van der Waals surface area contributed by atoms with Gasteiger partial charge in [-0.15, -0.1) is 0 Å². The topological polar surface area (TPSA) is 55.4 Å². The van der Waals surface area contributed by atoms with Gasteiger partial charge in [0.1, 0.15) is 0 Å². The average Bonchev–Trinajstić information content (AvgIpc) is 2.67. The molecule has 0 bridgehead atoms. The van der Waals surface area contributed by atoms with Gasteiger partial charge >= 0.3 is 0 Å². The molecule has 1 fully saturated rings. The molecule has 1 saturated heterocycles. The Kier molecular flexibility index (Phi) is 4.98. The summed E-state index contributed by atoms with van der Waals surface area (Å²) < 4.78 is 28.7. The number of rotatable bonds is 5. The maximum Gasteiger partial charge on any atom is 0.156 e. The molecule has 2 unspecified atom stereocenters. The Morgan fingerprint density at radius 1 is 1.41 bits per heavy atom. The molecule has 0 radical (unpaired) electrons. The van der Waals surface area contributed by atoms with E-state index in [1.807, 2.05) is 0 Å². The molecule has 1 aliphatic heterocycles. The number of hydrogen-bond donors (Lipinski definition) is 1. The molecule has 0 aliphatic carbocycles. The molecule has 102 valence electrons. The van der Waals surface area contributed by atoms with Crippen molar-refractivity contribution in [1.29, 1.82) is 0 Å². The lowest BCUT2D eigenvalue weighted by Gasteiger charge is -2.22. The summed E-state index contributed by atoms with van der Waals surface area (Å²) in [6.07, 6.45) is 2.42. The van der Waals surface area contributed by atoms with E-state index < -0.39 is 14.6 Å². The van der Waals surface area contributed by atoms with E-state index in [1.165, 1.54) is 0 Å². The number of nitrogens with one attached hydrogen (secondary N) is 1. The van der Waals surface area contributed by atoms with Gasteiger partial charge in [0.15, 0.2) is 9.84 Å². The van der Waals surface area contributed by atoms with Crippen LogP contribution >= 0.6 is 0 Å². The Labute approximate surface area is 105 Å². The van der Waals surface area contributed by atoms with Crippen LogP contribution < -0.4 is 5.32 Å². The van der Waals surface area contributed by atoms with Gasteiger partial charge in [-0.25, -0.2) is 8.42 Å². The highest BCUT2D eigenvalue weighted by molar-refractivity contribution is 7.92. The van der Waals surface area contributed by atoms with E-state index in [0.29, 0.717) is 6.54 Å². The van der Waals surface area contributed by atoms with Crippen molar-refractivity contribution in [2.75, 3.05) is 18.9 Å². The summed E-state index contributed by atoms with van der Waals surface area (Å²) in [5.41, 5.74) is 0. The van der Waals surface area contributed by atoms with E-state index in [1.54, 1.807) is 20.8 Å². The van der Waals surface area contributed by atoms with Gasteiger partial charge in [0, 0.05) is 19.2 Å². The predicted molar refractivity (Wildman–Crippen MR) is 70.0 cm³/mol. The fourth-order valence-electron chi connectivity index (χ4n) is 1.86. The van der Waals surface area contributed by atoms with Crippen molar-refractivity contribution in [2.24, 2.45) is 0 Å². The molecule has 0 spiro atoms. The van der Waals surface area contributed by atoms with Gasteiger partial charge in [-0.1, -0.05) is 0 Å². The van der Waals surface area contributed by atoms with E-state index in [-0.39, 0.29) is 17.9 Å². The highest BCUT2D eigenvalue weighted by Gasteiger charge is 2.29. The maximum atomic E-state index is 11.9. The van der Waals surface area contributed by atoms with E-state index in [2.05, 4.69) is 12.2 Å². The second-order valence-corrected chi connectivity index (χ2v) is 8.59. The molecule has 4 nitrogen and oxygen atoms in total. The second-order valence-electron chi connectivity index (χ2n) is 5.73. The molecule has 5 heteroatoms. The van der Waals surface area contributed by atoms with Crippen molar-refractivity contribution < 1.29 is 13.2 Å². The van der Waals surface area contributed by atoms with Gasteiger partial charge in [0.05, 0.1) is 16.6 Å². The largest absolute Gasteiger partial charge is 0.377 e. The van der Waals surface area contributed by atoms with Crippen LogP contribution in [0.1, 0.15) is 40.5 Å². The van der Waals surface area contributed by atoms with Crippen molar-refractivity contribution in [3.63, 3.8) is 0 Å². The van der Waals surface area contributed by atoms with E-state index in [0.717, 1.165) is 19.4 Å². The molecule has 2 atom stereocenters. The molecule has 1 N–H and O–H groups in total. The van der Waals surface area contributed by atoms with Crippen molar-refractivity contribution in [3.05, 3.63) is 0 Å². The Morgan fingerprint density at radius 3 is 2.53 bits per heavy atom. The van der Waals surface area contributed by atoms with Gasteiger partial charge in [0.2, 0.25) is 0 Å². The monoisotopic (exact) mass is 263 g/mol. The lowest BCUT2D eigenvalue weighted by atomic mass is 10.1. The summed E-state index contributed by atoms with van der Waals surface area (Å²) in [5.74, 6) is 0.188. The second kappa shape index (κ2) is 5.67. The normalized spacial score (nSPS) is 23.9. The summed E-state index contributed by atoms with van der Waals surface area (Å²) in [5, 5.41) is 3.25. The van der Waals surface area contributed by atoms with E-state index in [9.17, 15) is 8.42 Å². The summed E-state index contributed by atoms with van der Waals surface area (Å²) in [4.78, 5) is 0. The molecule has 0 amide bonds. The molecule has 1 heterocycles. The zero-order valence-electron chi connectivity index (χ0n) is 11.3. The fraction of sp³-hybridized carbons (Fsp3) is 1.00. The van der Waals surface area contributed by atoms with Crippen molar-refractivity contribution in [1.82, 2.24) is 5.32 Å². The Bertz CT molecular complexity index is 326. The summed E-state index contributed by atoms with van der Waals surface area (Å²) >= 11 is 0. The van der Waals surface area contributed by atoms with Crippen molar-refractivity contribution in [2.45, 2.75) is 57.4 Å². The number of sulfone groups is 1. The molecule has 1 aliphatic rings. The highest BCUT2D eigenvalue weighted by atomic mass is 32.2. The molecular weight excluding hydrogens is 238 g/mol. The number of hydrogen-bond acceptors (Lipinski definition) is 4. The SMILES string of the molecule is CC(NCCS(=O)(=O)C(C)(C)C)C1CCCO1. The van der Waals surface area contributed by atoms with Gasteiger partial charge in [-0.3, -0.25) is 0 Å². The highest BCUT2D eigenvalue weighted by Crippen LogP contribution is 2.17. The van der Waals surface area contributed by atoms with Crippen LogP contribution in [0, 0.1) is 0 Å². The lowest BCUT2D eigenvalue weighted by Crippen LogP contribution is -2.41. The molecule has 0 aromatic carbocycles. The fourth-order valence-corrected chi connectivity index (χ4v) is 2.85. The first kappa shape index (κ1) is 14.9. The van der Waals surface area contributed by atoms with Crippen LogP contribution in [0.3, 0.4) is 0 Å². The summed E-state index contributed by atoms with van der Waals surface area (Å²) in [7, 11) is -3.02. The van der Waals surface area contributed by atoms with Crippen LogP contribution in [0.2, 0.25) is 0 Å². The Morgan fingerprint density at radius 2 is 2.06 bits per heavy atom. The summed E-state index contributed by atoms with van der Waals surface area (Å²) in [6, 6.07) is 0.229. The third-order valence-electron chi connectivity index (χ3n) is 3.29.